The minimum Gasteiger partial charge on any atom is -0.481 e. The van der Waals surface area contributed by atoms with Gasteiger partial charge in [0.15, 0.2) is 0 Å². The molecule has 70 valence electrons. The number of hydrogen-bond donors (Lipinski definition) is 0. The fourth-order valence-electron chi connectivity index (χ4n) is 0.399. The van der Waals surface area contributed by atoms with Gasteiger partial charge in [-0.15, -0.1) is 0 Å². The highest BCUT2D eigenvalue weighted by molar-refractivity contribution is 5.03. The number of aromatic nitrogens is 2. The highest BCUT2D eigenvalue weighted by atomic mass is 16.5. The highest BCUT2D eigenvalue weighted by Gasteiger charge is 1.82. The Bertz CT molecular complexity index is 154. The van der Waals surface area contributed by atoms with Crippen LogP contribution in [0.15, 0.2) is 18.6 Å². The van der Waals surface area contributed by atoms with Gasteiger partial charge in [0.2, 0.25) is 5.88 Å². The fourth-order valence-corrected chi connectivity index (χ4v) is 0.399. The van der Waals surface area contributed by atoms with Crippen LogP contribution in [0.5, 0.6) is 5.88 Å². The van der Waals surface area contributed by atoms with Crippen molar-refractivity contribution in [3.8, 4) is 5.88 Å². The summed E-state index contributed by atoms with van der Waals surface area (Å²) < 4.78 is 4.76. The Labute approximate surface area is 74.8 Å². The number of rotatable bonds is 1. The van der Waals surface area contributed by atoms with E-state index in [9.17, 15) is 0 Å². The third-order valence-corrected chi connectivity index (χ3v) is 0.764. The first-order valence-electron chi connectivity index (χ1n) is 4.23. The first-order chi connectivity index (χ1) is 5.93. The summed E-state index contributed by atoms with van der Waals surface area (Å²) in [5.74, 6) is 0.597. The maximum Gasteiger partial charge on any atom is 0.215 e. The van der Waals surface area contributed by atoms with E-state index in [-0.39, 0.29) is 0 Å². The minimum atomic E-state index is 0.597. The first-order valence-corrected chi connectivity index (χ1v) is 4.23. The van der Waals surface area contributed by atoms with Crippen molar-refractivity contribution in [2.75, 3.05) is 7.11 Å². The Morgan fingerprint density at radius 1 is 1.17 bits per heavy atom. The van der Waals surface area contributed by atoms with Crippen LogP contribution in [-0.2, 0) is 0 Å². The van der Waals surface area contributed by atoms with Gasteiger partial charge >= 0.3 is 0 Å². The van der Waals surface area contributed by atoms with Crippen LogP contribution in [0.4, 0.5) is 0 Å². The van der Waals surface area contributed by atoms with Crippen molar-refractivity contribution >= 4 is 0 Å². The van der Waals surface area contributed by atoms with Crippen LogP contribution in [0, 0.1) is 0 Å². The van der Waals surface area contributed by atoms with Crippen molar-refractivity contribution < 1.29 is 4.74 Å². The van der Waals surface area contributed by atoms with Gasteiger partial charge in [-0.25, -0.2) is 9.97 Å². The first kappa shape index (κ1) is 13.5. The highest BCUT2D eigenvalue weighted by Crippen LogP contribution is 1.97. The molecule has 0 spiro atoms. The Kier molecular flexibility index (Phi) is 14.1. The Morgan fingerprint density at radius 2 is 1.75 bits per heavy atom. The quantitative estimate of drug-likeness (QED) is 0.649. The largest absolute Gasteiger partial charge is 0.481 e. The molecule has 0 unspecified atom stereocenters. The van der Waals surface area contributed by atoms with E-state index in [0.29, 0.717) is 5.88 Å². The molecule has 0 fully saturated rings. The second-order valence-electron chi connectivity index (χ2n) is 1.25. The third-order valence-electron chi connectivity index (χ3n) is 0.764. The molecule has 0 saturated heterocycles. The van der Waals surface area contributed by atoms with E-state index >= 15 is 0 Å². The van der Waals surface area contributed by atoms with E-state index in [1.54, 1.807) is 19.4 Å². The molecule has 1 rings (SSSR count). The van der Waals surface area contributed by atoms with Gasteiger partial charge in [0.25, 0.3) is 0 Å². The fraction of sp³-hybridized carbons (Fsp3) is 0.556. The maximum atomic E-state index is 4.76. The van der Waals surface area contributed by atoms with Crippen LogP contribution in [0.3, 0.4) is 0 Å². The van der Waals surface area contributed by atoms with Crippen LogP contribution in [-0.4, -0.2) is 17.1 Å². The molecule has 0 aliphatic rings. The summed E-state index contributed by atoms with van der Waals surface area (Å²) in [5, 5.41) is 0. The summed E-state index contributed by atoms with van der Waals surface area (Å²) in [5.41, 5.74) is 0. The topological polar surface area (TPSA) is 35.0 Å². The Balaban J connectivity index is 0. The molecule has 0 bridgehead atoms. The second-order valence-corrected chi connectivity index (χ2v) is 1.25. The lowest BCUT2D eigenvalue weighted by Crippen LogP contribution is -1.85. The summed E-state index contributed by atoms with van der Waals surface area (Å²) in [6.07, 6.45) is 3.07. The van der Waals surface area contributed by atoms with Gasteiger partial charge in [-0.05, 0) is 0 Å². The zero-order valence-corrected chi connectivity index (χ0v) is 8.53. The molecule has 0 atom stereocenters. The molecular formula is C9H18N2O. The number of methoxy groups -OCH3 is 1. The third kappa shape index (κ3) is 6.99. The van der Waals surface area contributed by atoms with Crippen LogP contribution in [0.25, 0.3) is 0 Å². The lowest BCUT2D eigenvalue weighted by atomic mass is 10.6. The molecule has 0 radical (unpaired) electrons. The van der Waals surface area contributed by atoms with Gasteiger partial charge in [0.1, 0.15) is 6.33 Å². The lowest BCUT2D eigenvalue weighted by Gasteiger charge is -1.91. The molecular weight excluding hydrogens is 152 g/mol. The SMILES string of the molecule is CC.CC.COc1ccncn1. The van der Waals surface area contributed by atoms with Crippen molar-refractivity contribution in [2.45, 2.75) is 27.7 Å². The molecule has 0 aliphatic heterocycles. The summed E-state index contributed by atoms with van der Waals surface area (Å²) in [6, 6.07) is 1.69. The van der Waals surface area contributed by atoms with Gasteiger partial charge in [-0.3, -0.25) is 0 Å². The second kappa shape index (κ2) is 12.5. The van der Waals surface area contributed by atoms with Crippen LogP contribution in [0.1, 0.15) is 27.7 Å². The van der Waals surface area contributed by atoms with E-state index in [1.807, 2.05) is 27.7 Å². The smallest absolute Gasteiger partial charge is 0.215 e. The summed E-state index contributed by atoms with van der Waals surface area (Å²) in [4.78, 5) is 7.47. The average molecular weight is 170 g/mol. The molecule has 0 N–H and O–H groups in total. The van der Waals surface area contributed by atoms with Gasteiger partial charge < -0.3 is 4.74 Å². The van der Waals surface area contributed by atoms with E-state index in [1.165, 1.54) is 6.33 Å². The van der Waals surface area contributed by atoms with Gasteiger partial charge in [-0.1, -0.05) is 27.7 Å². The van der Waals surface area contributed by atoms with Gasteiger partial charge in [0, 0.05) is 12.3 Å². The predicted molar refractivity (Wildman–Crippen MR) is 51.3 cm³/mol. The monoisotopic (exact) mass is 170 g/mol. The van der Waals surface area contributed by atoms with Crippen molar-refractivity contribution in [2.24, 2.45) is 0 Å². The number of nitrogens with zero attached hydrogens (tertiary/aromatic N) is 2. The van der Waals surface area contributed by atoms with Crippen molar-refractivity contribution in [3.05, 3.63) is 18.6 Å². The average Bonchev–Trinajstić information content (AvgIpc) is 2.25. The lowest BCUT2D eigenvalue weighted by molar-refractivity contribution is 0.397. The van der Waals surface area contributed by atoms with E-state index in [2.05, 4.69) is 9.97 Å². The summed E-state index contributed by atoms with van der Waals surface area (Å²) >= 11 is 0. The number of hydrogen-bond acceptors (Lipinski definition) is 3. The molecule has 0 aromatic carbocycles. The summed E-state index contributed by atoms with van der Waals surface area (Å²) in [6.45, 7) is 8.00. The molecule has 1 aromatic heterocycles. The molecule has 3 nitrogen and oxygen atoms in total. The van der Waals surface area contributed by atoms with Gasteiger partial charge in [-0.2, -0.15) is 0 Å². The van der Waals surface area contributed by atoms with Crippen LogP contribution < -0.4 is 4.74 Å². The molecule has 1 heterocycles. The number of ether oxygens (including phenoxy) is 1. The zero-order valence-electron chi connectivity index (χ0n) is 8.53. The molecule has 0 aliphatic carbocycles. The summed E-state index contributed by atoms with van der Waals surface area (Å²) in [7, 11) is 1.57. The maximum absolute atomic E-state index is 4.76. The Hall–Kier alpha value is -1.12. The van der Waals surface area contributed by atoms with Crippen molar-refractivity contribution in [3.63, 3.8) is 0 Å². The van der Waals surface area contributed by atoms with E-state index in [0.717, 1.165) is 0 Å². The Morgan fingerprint density at radius 3 is 2.00 bits per heavy atom. The van der Waals surface area contributed by atoms with E-state index in [4.69, 9.17) is 4.74 Å². The normalized spacial score (nSPS) is 6.75. The van der Waals surface area contributed by atoms with Crippen LogP contribution in [0.2, 0.25) is 0 Å². The standard InChI is InChI=1S/C5H6N2O.2C2H6/c1-8-5-2-3-6-4-7-5;2*1-2/h2-4H,1H3;2*1-2H3. The van der Waals surface area contributed by atoms with Crippen molar-refractivity contribution in [1.29, 1.82) is 0 Å². The minimum absolute atomic E-state index is 0.597. The molecule has 12 heavy (non-hydrogen) atoms. The van der Waals surface area contributed by atoms with Crippen LogP contribution >= 0.6 is 0 Å². The van der Waals surface area contributed by atoms with E-state index < -0.39 is 0 Å². The molecule has 0 amide bonds. The molecule has 0 saturated carbocycles. The van der Waals surface area contributed by atoms with Gasteiger partial charge in [0.05, 0.1) is 7.11 Å². The zero-order chi connectivity index (χ0) is 9.82. The van der Waals surface area contributed by atoms with Crippen molar-refractivity contribution in [1.82, 2.24) is 9.97 Å². The predicted octanol–water partition coefficient (Wildman–Crippen LogP) is 2.54. The molecule has 3 heteroatoms. The molecule has 1 aromatic rings.